The van der Waals surface area contributed by atoms with Crippen molar-refractivity contribution in [2.45, 2.75) is 12.8 Å². The molecule has 88 valence electrons. The summed E-state index contributed by atoms with van der Waals surface area (Å²) >= 11 is 4.45. The highest BCUT2D eigenvalue weighted by atomic mass is 127. The Kier molecular flexibility index (Phi) is 6.59. The molecule has 1 amide bonds. The Morgan fingerprint density at radius 3 is 2.62 bits per heavy atom. The molecule has 0 fully saturated rings. The molecule has 0 saturated carbocycles. The smallest absolute Gasteiger partial charge is 0.251 e. The average molecular weight is 445 g/mol. The van der Waals surface area contributed by atoms with E-state index in [1.165, 1.54) is 0 Å². The molecule has 0 saturated heterocycles. The molecular weight excluding hydrogens is 432 g/mol. The van der Waals surface area contributed by atoms with Gasteiger partial charge in [0.15, 0.2) is 0 Å². The number of amides is 1. The van der Waals surface area contributed by atoms with E-state index in [1.807, 2.05) is 18.2 Å². The van der Waals surface area contributed by atoms with E-state index < -0.39 is 0 Å². The van der Waals surface area contributed by atoms with Crippen LogP contribution in [0.3, 0.4) is 0 Å². The van der Waals surface area contributed by atoms with Gasteiger partial charge in [0.2, 0.25) is 0 Å². The van der Waals surface area contributed by atoms with Gasteiger partial charge in [0.25, 0.3) is 5.91 Å². The van der Waals surface area contributed by atoms with Crippen LogP contribution in [-0.2, 0) is 0 Å². The third-order valence-corrected chi connectivity index (χ3v) is 4.92. The zero-order valence-electron chi connectivity index (χ0n) is 8.67. The predicted molar refractivity (Wildman–Crippen MR) is 80.5 cm³/mol. The number of unbranched alkanes of at least 4 members (excludes halogenated alkanes) is 1. The van der Waals surface area contributed by atoms with Gasteiger partial charge in [0.1, 0.15) is 0 Å². The molecule has 2 N–H and O–H groups in total. The molecule has 0 unspecified atom stereocenters. The van der Waals surface area contributed by atoms with E-state index in [2.05, 4.69) is 50.5 Å². The van der Waals surface area contributed by atoms with Crippen LogP contribution in [0.5, 0.6) is 0 Å². The number of hydrogen-bond acceptors (Lipinski definition) is 2. The molecule has 0 atom stereocenters. The molecule has 0 spiro atoms. The van der Waals surface area contributed by atoms with Crippen LogP contribution in [0, 0.1) is 7.14 Å². The molecule has 0 radical (unpaired) electrons. The lowest BCUT2D eigenvalue weighted by Crippen LogP contribution is -2.24. The number of carbonyl (C=O) groups is 1. The number of aliphatic hydroxyl groups excluding tert-OH is 1. The Morgan fingerprint density at radius 2 is 2.00 bits per heavy atom. The second-order valence-corrected chi connectivity index (χ2v) is 5.64. The fourth-order valence-electron chi connectivity index (χ4n) is 1.18. The summed E-state index contributed by atoms with van der Waals surface area (Å²) in [4.78, 5) is 11.7. The molecule has 1 aromatic rings. The van der Waals surface area contributed by atoms with E-state index in [1.54, 1.807) is 0 Å². The summed E-state index contributed by atoms with van der Waals surface area (Å²) in [5.74, 6) is -0.0488. The Hall–Kier alpha value is 0.110. The van der Waals surface area contributed by atoms with Crippen molar-refractivity contribution >= 4 is 51.1 Å². The fourth-order valence-corrected chi connectivity index (χ4v) is 2.03. The zero-order chi connectivity index (χ0) is 12.0. The number of carbonyl (C=O) groups excluding carboxylic acids is 1. The lowest BCUT2D eigenvalue weighted by Gasteiger charge is -2.05. The molecule has 0 heterocycles. The first kappa shape index (κ1) is 14.2. The number of benzene rings is 1. The van der Waals surface area contributed by atoms with E-state index in [0.717, 1.165) is 20.0 Å². The topological polar surface area (TPSA) is 49.3 Å². The van der Waals surface area contributed by atoms with Crippen LogP contribution in [0.2, 0.25) is 0 Å². The zero-order valence-corrected chi connectivity index (χ0v) is 13.0. The minimum Gasteiger partial charge on any atom is -0.396 e. The highest BCUT2D eigenvalue weighted by Crippen LogP contribution is 2.16. The van der Waals surface area contributed by atoms with Crippen molar-refractivity contribution in [1.29, 1.82) is 0 Å². The third-order valence-electron chi connectivity index (χ3n) is 2.05. The summed E-state index contributed by atoms with van der Waals surface area (Å²) < 4.78 is 2.23. The van der Waals surface area contributed by atoms with Crippen LogP contribution in [-0.4, -0.2) is 24.2 Å². The van der Waals surface area contributed by atoms with Crippen LogP contribution >= 0.6 is 45.2 Å². The van der Waals surface area contributed by atoms with Crippen molar-refractivity contribution < 1.29 is 9.90 Å². The Bertz CT molecular complexity index is 369. The molecule has 1 rings (SSSR count). The molecule has 0 bridgehead atoms. The minimum atomic E-state index is -0.0488. The van der Waals surface area contributed by atoms with Gasteiger partial charge >= 0.3 is 0 Å². The molecule has 3 nitrogen and oxygen atoms in total. The first-order valence-electron chi connectivity index (χ1n) is 4.99. The summed E-state index contributed by atoms with van der Waals surface area (Å²) in [6.07, 6.45) is 1.54. The van der Waals surface area contributed by atoms with E-state index in [-0.39, 0.29) is 12.5 Å². The second kappa shape index (κ2) is 7.44. The molecule has 0 aliphatic heterocycles. The van der Waals surface area contributed by atoms with Crippen molar-refractivity contribution in [3.8, 4) is 0 Å². The van der Waals surface area contributed by atoms with E-state index >= 15 is 0 Å². The fraction of sp³-hybridized carbons (Fsp3) is 0.364. The van der Waals surface area contributed by atoms with Crippen LogP contribution in [0.15, 0.2) is 18.2 Å². The van der Waals surface area contributed by atoms with Gasteiger partial charge in [-0.2, -0.15) is 0 Å². The van der Waals surface area contributed by atoms with Crippen LogP contribution in [0.25, 0.3) is 0 Å². The van der Waals surface area contributed by atoms with Crippen LogP contribution < -0.4 is 5.32 Å². The van der Waals surface area contributed by atoms with Gasteiger partial charge in [-0.1, -0.05) is 0 Å². The number of nitrogens with one attached hydrogen (secondary N) is 1. The van der Waals surface area contributed by atoms with Crippen LogP contribution in [0.1, 0.15) is 23.2 Å². The maximum absolute atomic E-state index is 11.7. The summed E-state index contributed by atoms with van der Waals surface area (Å²) in [5.41, 5.74) is 0.689. The third kappa shape index (κ3) is 4.54. The standard InChI is InChI=1S/C11H13I2NO2/c12-9-4-3-8(7-10(9)13)11(16)14-5-1-2-6-15/h3-4,7,15H,1-2,5-6H2,(H,14,16). The Morgan fingerprint density at radius 1 is 1.25 bits per heavy atom. The summed E-state index contributed by atoms with van der Waals surface area (Å²) in [7, 11) is 0. The molecule has 16 heavy (non-hydrogen) atoms. The highest BCUT2D eigenvalue weighted by Gasteiger charge is 2.06. The lowest BCUT2D eigenvalue weighted by molar-refractivity contribution is 0.0952. The Balaban J connectivity index is 2.50. The summed E-state index contributed by atoms with van der Waals surface area (Å²) in [5, 5.41) is 11.4. The number of halogens is 2. The molecule has 0 aliphatic carbocycles. The largest absolute Gasteiger partial charge is 0.396 e. The maximum Gasteiger partial charge on any atom is 0.251 e. The summed E-state index contributed by atoms with van der Waals surface area (Å²) in [6.45, 7) is 0.791. The molecule has 0 aliphatic rings. The average Bonchev–Trinajstić information content (AvgIpc) is 2.28. The van der Waals surface area contributed by atoms with Crippen molar-refractivity contribution in [1.82, 2.24) is 5.32 Å². The van der Waals surface area contributed by atoms with Crippen molar-refractivity contribution in [3.05, 3.63) is 30.9 Å². The van der Waals surface area contributed by atoms with Crippen LogP contribution in [0.4, 0.5) is 0 Å². The molecular formula is C11H13I2NO2. The number of hydrogen-bond donors (Lipinski definition) is 2. The first-order chi connectivity index (χ1) is 7.65. The lowest BCUT2D eigenvalue weighted by atomic mass is 10.2. The van der Waals surface area contributed by atoms with Gasteiger partial charge in [-0.15, -0.1) is 0 Å². The van der Waals surface area contributed by atoms with E-state index in [0.29, 0.717) is 12.1 Å². The maximum atomic E-state index is 11.7. The van der Waals surface area contributed by atoms with Crippen molar-refractivity contribution in [2.24, 2.45) is 0 Å². The van der Waals surface area contributed by atoms with Gasteiger partial charge < -0.3 is 10.4 Å². The molecule has 1 aromatic carbocycles. The molecule has 0 aromatic heterocycles. The van der Waals surface area contributed by atoms with Gasteiger partial charge in [-0.05, 0) is 76.2 Å². The Labute approximate surface area is 122 Å². The summed E-state index contributed by atoms with van der Waals surface area (Å²) in [6, 6.07) is 5.64. The quantitative estimate of drug-likeness (QED) is 0.541. The SMILES string of the molecule is O=C(NCCCCO)c1ccc(I)c(I)c1. The van der Waals surface area contributed by atoms with Gasteiger partial charge in [-0.25, -0.2) is 0 Å². The van der Waals surface area contributed by atoms with Crippen molar-refractivity contribution in [2.75, 3.05) is 13.2 Å². The highest BCUT2D eigenvalue weighted by molar-refractivity contribution is 14.1. The normalized spacial score (nSPS) is 10.2. The second-order valence-electron chi connectivity index (χ2n) is 3.32. The molecule has 5 heteroatoms. The minimum absolute atomic E-state index is 0.0488. The van der Waals surface area contributed by atoms with E-state index in [4.69, 9.17) is 5.11 Å². The predicted octanol–water partition coefficient (Wildman–Crippen LogP) is 2.40. The van der Waals surface area contributed by atoms with E-state index in [9.17, 15) is 4.79 Å². The van der Waals surface area contributed by atoms with Gasteiger partial charge in [0.05, 0.1) is 0 Å². The van der Waals surface area contributed by atoms with Crippen molar-refractivity contribution in [3.63, 3.8) is 0 Å². The number of aliphatic hydroxyl groups is 1. The van der Waals surface area contributed by atoms with Gasteiger partial charge in [0, 0.05) is 25.9 Å². The number of rotatable bonds is 5. The first-order valence-corrected chi connectivity index (χ1v) is 7.15. The van der Waals surface area contributed by atoms with Gasteiger partial charge in [-0.3, -0.25) is 4.79 Å². The monoisotopic (exact) mass is 445 g/mol.